The maximum absolute atomic E-state index is 5.62. The van der Waals surface area contributed by atoms with Gasteiger partial charge in [0, 0.05) is 26.1 Å². The molecule has 0 fully saturated rings. The second kappa shape index (κ2) is 11.8. The standard InChI is InChI=1S/C32H34N6O3/c1-39-25-14-12-23(13-15-25)20-37-19-17-26-28-30(37)34-32(33-18-16-24-10-7-11-27(40-2)29(24)41-3)35-31(28)38(36-26)21-22-8-5-4-6-9-22/h4-15H,16-21H2,1-3H3,(H,33,34,35). The molecule has 9 heteroatoms. The zero-order chi connectivity index (χ0) is 28.2. The van der Waals surface area contributed by atoms with Gasteiger partial charge in [0.25, 0.3) is 0 Å². The fourth-order valence-electron chi connectivity index (χ4n) is 5.39. The number of methoxy groups -OCH3 is 3. The Bertz CT molecular complexity index is 1640. The number of nitrogens with one attached hydrogen (secondary N) is 1. The number of ether oxygens (including phenoxy) is 3. The molecule has 41 heavy (non-hydrogen) atoms. The molecule has 1 N–H and O–H groups in total. The van der Waals surface area contributed by atoms with Gasteiger partial charge in [0.2, 0.25) is 5.95 Å². The van der Waals surface area contributed by atoms with E-state index in [9.17, 15) is 0 Å². The van der Waals surface area contributed by atoms with Gasteiger partial charge in [-0.15, -0.1) is 0 Å². The molecule has 3 heterocycles. The first-order valence-electron chi connectivity index (χ1n) is 13.8. The molecule has 210 valence electrons. The lowest BCUT2D eigenvalue weighted by Crippen LogP contribution is -2.29. The fourth-order valence-corrected chi connectivity index (χ4v) is 5.39. The van der Waals surface area contributed by atoms with Crippen molar-refractivity contribution in [3.05, 3.63) is 95.2 Å². The van der Waals surface area contributed by atoms with E-state index in [-0.39, 0.29) is 0 Å². The Hall–Kier alpha value is -4.79. The van der Waals surface area contributed by atoms with Crippen LogP contribution in [0.25, 0.3) is 11.0 Å². The maximum Gasteiger partial charge on any atom is 0.226 e. The predicted octanol–water partition coefficient (Wildman–Crippen LogP) is 5.12. The van der Waals surface area contributed by atoms with Crippen LogP contribution in [0.15, 0.2) is 72.8 Å². The largest absolute Gasteiger partial charge is 0.497 e. The molecule has 0 aliphatic carbocycles. The maximum atomic E-state index is 5.62. The van der Waals surface area contributed by atoms with E-state index in [1.54, 1.807) is 21.3 Å². The molecule has 0 radical (unpaired) electrons. The van der Waals surface area contributed by atoms with Crippen molar-refractivity contribution in [3.8, 4) is 17.2 Å². The highest BCUT2D eigenvalue weighted by Crippen LogP contribution is 2.35. The van der Waals surface area contributed by atoms with Gasteiger partial charge in [-0.1, -0.05) is 54.6 Å². The summed E-state index contributed by atoms with van der Waals surface area (Å²) in [6.07, 6.45) is 1.56. The fraction of sp³-hybridized carbons (Fsp3) is 0.281. The molecule has 6 rings (SSSR count). The van der Waals surface area contributed by atoms with Crippen LogP contribution in [-0.4, -0.2) is 54.2 Å². The zero-order valence-electron chi connectivity index (χ0n) is 23.6. The Labute approximate surface area is 239 Å². The summed E-state index contributed by atoms with van der Waals surface area (Å²) in [6.45, 7) is 2.84. The van der Waals surface area contributed by atoms with Crippen molar-refractivity contribution in [1.29, 1.82) is 0 Å². The highest BCUT2D eigenvalue weighted by atomic mass is 16.5. The molecule has 0 amide bonds. The third kappa shape index (κ3) is 5.48. The van der Waals surface area contributed by atoms with Crippen molar-refractivity contribution in [2.45, 2.75) is 25.9 Å². The van der Waals surface area contributed by atoms with Gasteiger partial charge in [-0.05, 0) is 41.3 Å². The molecule has 3 aromatic carbocycles. The number of para-hydroxylation sites is 1. The molecule has 0 unspecified atom stereocenters. The lowest BCUT2D eigenvalue weighted by atomic mass is 10.1. The molecule has 0 bridgehead atoms. The SMILES string of the molecule is COc1ccc(CN2CCc3nn(Cc4ccccc4)c4nc(NCCc5cccc(OC)c5OC)nc2c34)cc1. The van der Waals surface area contributed by atoms with E-state index >= 15 is 0 Å². The van der Waals surface area contributed by atoms with Gasteiger partial charge in [0.15, 0.2) is 17.1 Å². The minimum Gasteiger partial charge on any atom is -0.497 e. The third-order valence-corrected chi connectivity index (χ3v) is 7.43. The van der Waals surface area contributed by atoms with Gasteiger partial charge in [-0.2, -0.15) is 15.1 Å². The summed E-state index contributed by atoms with van der Waals surface area (Å²) in [6, 6.07) is 24.5. The zero-order valence-corrected chi connectivity index (χ0v) is 23.6. The van der Waals surface area contributed by atoms with E-state index in [4.69, 9.17) is 29.3 Å². The van der Waals surface area contributed by atoms with Gasteiger partial charge in [-0.3, -0.25) is 0 Å². The second-order valence-corrected chi connectivity index (χ2v) is 10.0. The summed E-state index contributed by atoms with van der Waals surface area (Å²) in [5, 5.41) is 9.50. The quantitative estimate of drug-likeness (QED) is 0.243. The van der Waals surface area contributed by atoms with Gasteiger partial charge in [0.05, 0.1) is 39.0 Å². The predicted molar refractivity (Wildman–Crippen MR) is 160 cm³/mol. The van der Waals surface area contributed by atoms with Gasteiger partial charge >= 0.3 is 0 Å². The topological polar surface area (TPSA) is 86.6 Å². The smallest absolute Gasteiger partial charge is 0.226 e. The minimum atomic E-state index is 0.580. The molecule has 0 saturated heterocycles. The highest BCUT2D eigenvalue weighted by Gasteiger charge is 2.27. The van der Waals surface area contributed by atoms with E-state index in [0.717, 1.165) is 71.3 Å². The average Bonchev–Trinajstić information content (AvgIpc) is 3.36. The number of anilines is 2. The lowest BCUT2D eigenvalue weighted by molar-refractivity contribution is 0.352. The average molecular weight is 551 g/mol. The van der Waals surface area contributed by atoms with Gasteiger partial charge in [0.1, 0.15) is 11.6 Å². The van der Waals surface area contributed by atoms with Crippen molar-refractivity contribution in [3.63, 3.8) is 0 Å². The molecule has 1 aliphatic rings. The van der Waals surface area contributed by atoms with E-state index in [1.807, 2.05) is 35.0 Å². The molecular formula is C32H34N6O3. The van der Waals surface area contributed by atoms with Crippen LogP contribution in [0.1, 0.15) is 22.4 Å². The number of benzene rings is 3. The van der Waals surface area contributed by atoms with E-state index in [1.165, 1.54) is 11.1 Å². The van der Waals surface area contributed by atoms with Crippen LogP contribution in [0.5, 0.6) is 17.2 Å². The number of rotatable bonds is 11. The van der Waals surface area contributed by atoms with Crippen molar-refractivity contribution >= 4 is 22.8 Å². The Morgan fingerprint density at radius 1 is 0.805 bits per heavy atom. The summed E-state index contributed by atoms with van der Waals surface area (Å²) in [4.78, 5) is 12.3. The first-order valence-corrected chi connectivity index (χ1v) is 13.8. The lowest BCUT2D eigenvalue weighted by Gasteiger charge is -2.28. The number of aromatic nitrogens is 4. The van der Waals surface area contributed by atoms with Crippen molar-refractivity contribution in [2.24, 2.45) is 0 Å². The Balaban J connectivity index is 1.32. The van der Waals surface area contributed by atoms with Crippen LogP contribution in [0, 0.1) is 0 Å². The van der Waals surface area contributed by atoms with Crippen molar-refractivity contribution in [2.75, 3.05) is 44.6 Å². The number of hydrogen-bond acceptors (Lipinski definition) is 8. The van der Waals surface area contributed by atoms with Crippen LogP contribution in [0.2, 0.25) is 0 Å². The first-order chi connectivity index (χ1) is 20.2. The molecule has 0 atom stereocenters. The summed E-state index contributed by atoms with van der Waals surface area (Å²) >= 11 is 0. The Morgan fingerprint density at radius 2 is 1.61 bits per heavy atom. The number of hydrogen-bond donors (Lipinski definition) is 1. The van der Waals surface area contributed by atoms with Crippen LogP contribution < -0.4 is 24.4 Å². The minimum absolute atomic E-state index is 0.580. The molecule has 2 aromatic heterocycles. The van der Waals surface area contributed by atoms with Gasteiger partial charge < -0.3 is 24.4 Å². The second-order valence-electron chi connectivity index (χ2n) is 10.0. The molecule has 0 saturated carbocycles. The normalized spacial score (nSPS) is 12.4. The summed E-state index contributed by atoms with van der Waals surface area (Å²) < 4.78 is 18.5. The summed E-state index contributed by atoms with van der Waals surface area (Å²) in [7, 11) is 5.00. The Kier molecular flexibility index (Phi) is 7.58. The molecule has 0 spiro atoms. The molecule has 1 aliphatic heterocycles. The van der Waals surface area contributed by atoms with E-state index in [0.29, 0.717) is 19.0 Å². The third-order valence-electron chi connectivity index (χ3n) is 7.43. The molecule has 5 aromatic rings. The summed E-state index contributed by atoms with van der Waals surface area (Å²) in [5.41, 5.74) is 5.31. The van der Waals surface area contributed by atoms with E-state index in [2.05, 4.69) is 52.7 Å². The summed E-state index contributed by atoms with van der Waals surface area (Å²) in [5.74, 6) is 3.81. The first kappa shape index (κ1) is 26.4. The van der Waals surface area contributed by atoms with Crippen LogP contribution in [0.4, 0.5) is 11.8 Å². The van der Waals surface area contributed by atoms with Crippen LogP contribution >= 0.6 is 0 Å². The Morgan fingerprint density at radius 3 is 2.37 bits per heavy atom. The van der Waals surface area contributed by atoms with Crippen molar-refractivity contribution < 1.29 is 14.2 Å². The van der Waals surface area contributed by atoms with Crippen LogP contribution in [0.3, 0.4) is 0 Å². The van der Waals surface area contributed by atoms with Gasteiger partial charge in [-0.25, -0.2) is 4.68 Å². The molecule has 9 nitrogen and oxygen atoms in total. The number of nitrogens with zero attached hydrogens (tertiary/aromatic N) is 5. The monoisotopic (exact) mass is 550 g/mol. The highest BCUT2D eigenvalue weighted by molar-refractivity contribution is 5.92. The van der Waals surface area contributed by atoms with Crippen molar-refractivity contribution in [1.82, 2.24) is 19.7 Å². The van der Waals surface area contributed by atoms with E-state index < -0.39 is 0 Å². The van der Waals surface area contributed by atoms with Crippen LogP contribution in [-0.2, 0) is 25.9 Å². The molecular weight excluding hydrogens is 516 g/mol.